The van der Waals surface area contributed by atoms with Gasteiger partial charge >= 0.3 is 0 Å². The van der Waals surface area contributed by atoms with Crippen molar-refractivity contribution in [1.82, 2.24) is 0 Å². The molecule has 0 aromatic rings. The molecular weight excluding hydrogens is 148 g/mol. The molecule has 1 heteroatoms. The van der Waals surface area contributed by atoms with E-state index in [0.717, 1.165) is 12.8 Å². The van der Waals surface area contributed by atoms with Gasteiger partial charge in [0.2, 0.25) is 0 Å². The molecule has 1 radical (unpaired) electrons. The third kappa shape index (κ3) is 4.10. The molecule has 73 valence electrons. The number of hydrogen-bond acceptors (Lipinski definition) is 1. The summed E-state index contributed by atoms with van der Waals surface area (Å²) < 4.78 is 0. The van der Waals surface area contributed by atoms with Crippen molar-refractivity contribution in [2.24, 2.45) is 11.3 Å². The maximum Gasteiger partial charge on any atom is 0.0431 e. The molecule has 1 atom stereocenters. The lowest BCUT2D eigenvalue weighted by atomic mass is 9.72. The second-order valence-corrected chi connectivity index (χ2v) is 4.86. The summed E-state index contributed by atoms with van der Waals surface area (Å²) in [4.78, 5) is 0. The summed E-state index contributed by atoms with van der Waals surface area (Å²) in [5.74, 6) is 2.13. The molecule has 12 heavy (non-hydrogen) atoms. The molecule has 0 aliphatic heterocycles. The molecule has 0 aromatic carbocycles. The molecular formula is C11H23O. The van der Waals surface area contributed by atoms with E-state index in [2.05, 4.69) is 34.6 Å². The largest absolute Gasteiger partial charge is 0.396 e. The van der Waals surface area contributed by atoms with Crippen LogP contribution in [0.2, 0.25) is 0 Å². The highest BCUT2D eigenvalue weighted by Gasteiger charge is 2.26. The van der Waals surface area contributed by atoms with E-state index in [4.69, 9.17) is 5.11 Å². The van der Waals surface area contributed by atoms with Crippen molar-refractivity contribution in [3.63, 3.8) is 0 Å². The molecule has 1 unspecified atom stereocenters. The molecule has 0 spiro atoms. The molecule has 0 aliphatic rings. The predicted octanol–water partition coefficient (Wildman–Crippen LogP) is 3.04. The van der Waals surface area contributed by atoms with Gasteiger partial charge in [0.15, 0.2) is 0 Å². The van der Waals surface area contributed by atoms with Gasteiger partial charge in [0.25, 0.3) is 0 Å². The fraction of sp³-hybridized carbons (Fsp3) is 0.909. The Morgan fingerprint density at radius 1 is 1.25 bits per heavy atom. The number of aliphatic hydroxyl groups is 1. The van der Waals surface area contributed by atoms with Crippen LogP contribution in [-0.2, 0) is 0 Å². The van der Waals surface area contributed by atoms with Gasteiger partial charge in [0, 0.05) is 6.61 Å². The van der Waals surface area contributed by atoms with Gasteiger partial charge in [-0.1, -0.05) is 34.6 Å². The summed E-state index contributed by atoms with van der Waals surface area (Å²) in [6.45, 7) is 11.5. The average molecular weight is 171 g/mol. The molecule has 0 bridgehead atoms. The molecule has 0 aromatic heterocycles. The van der Waals surface area contributed by atoms with Gasteiger partial charge in [-0.3, -0.25) is 0 Å². The van der Waals surface area contributed by atoms with Crippen molar-refractivity contribution in [3.05, 3.63) is 5.92 Å². The first-order chi connectivity index (χ1) is 5.39. The van der Waals surface area contributed by atoms with Gasteiger partial charge in [-0.15, -0.1) is 0 Å². The SMILES string of the molecule is C[C](C)C(CCCO)C(C)(C)C. The highest BCUT2D eigenvalue weighted by Crippen LogP contribution is 2.36. The lowest BCUT2D eigenvalue weighted by Gasteiger charge is -2.33. The van der Waals surface area contributed by atoms with Crippen LogP contribution in [0.5, 0.6) is 0 Å². The zero-order valence-electron chi connectivity index (χ0n) is 9.15. The van der Waals surface area contributed by atoms with Crippen LogP contribution in [0.4, 0.5) is 0 Å². The van der Waals surface area contributed by atoms with Crippen LogP contribution in [0.25, 0.3) is 0 Å². The molecule has 0 fully saturated rings. The van der Waals surface area contributed by atoms with Crippen molar-refractivity contribution >= 4 is 0 Å². The van der Waals surface area contributed by atoms with Gasteiger partial charge in [-0.05, 0) is 30.1 Å². The predicted molar refractivity (Wildman–Crippen MR) is 53.9 cm³/mol. The van der Waals surface area contributed by atoms with Crippen LogP contribution in [0.3, 0.4) is 0 Å². The average Bonchev–Trinajstić information content (AvgIpc) is 1.84. The van der Waals surface area contributed by atoms with Crippen LogP contribution < -0.4 is 0 Å². The quantitative estimate of drug-likeness (QED) is 0.689. The molecule has 1 nitrogen and oxygen atoms in total. The zero-order valence-corrected chi connectivity index (χ0v) is 9.15. The summed E-state index contributed by atoms with van der Waals surface area (Å²) >= 11 is 0. The minimum absolute atomic E-state index is 0.319. The van der Waals surface area contributed by atoms with Gasteiger partial charge in [0.05, 0.1) is 0 Å². The second-order valence-electron chi connectivity index (χ2n) is 4.86. The van der Waals surface area contributed by atoms with E-state index in [-0.39, 0.29) is 0 Å². The van der Waals surface area contributed by atoms with Crippen molar-refractivity contribution in [2.75, 3.05) is 6.61 Å². The minimum Gasteiger partial charge on any atom is -0.396 e. The summed E-state index contributed by atoms with van der Waals surface area (Å²) in [5, 5.41) is 8.75. The van der Waals surface area contributed by atoms with Gasteiger partial charge in [0.1, 0.15) is 0 Å². The Morgan fingerprint density at radius 2 is 1.75 bits per heavy atom. The first-order valence-electron chi connectivity index (χ1n) is 4.80. The topological polar surface area (TPSA) is 20.2 Å². The molecule has 0 rings (SSSR count). The maximum atomic E-state index is 8.75. The fourth-order valence-corrected chi connectivity index (χ4v) is 1.88. The maximum absolute atomic E-state index is 8.75. The molecule has 1 N–H and O–H groups in total. The normalized spacial score (nSPS) is 15.2. The fourth-order valence-electron chi connectivity index (χ4n) is 1.88. The Kier molecular flexibility index (Phi) is 4.84. The third-order valence-electron chi connectivity index (χ3n) is 2.39. The molecule has 0 amide bonds. The first kappa shape index (κ1) is 12.0. The summed E-state index contributed by atoms with van der Waals surface area (Å²) in [7, 11) is 0. The number of rotatable bonds is 4. The number of hydrogen-bond donors (Lipinski definition) is 1. The van der Waals surface area contributed by atoms with Gasteiger partial charge < -0.3 is 5.11 Å². The van der Waals surface area contributed by atoms with E-state index >= 15 is 0 Å². The van der Waals surface area contributed by atoms with Gasteiger partial charge in [-0.25, -0.2) is 0 Å². The minimum atomic E-state index is 0.319. The third-order valence-corrected chi connectivity index (χ3v) is 2.39. The van der Waals surface area contributed by atoms with Crippen molar-refractivity contribution in [2.45, 2.75) is 47.5 Å². The number of aliphatic hydroxyl groups excluding tert-OH is 1. The van der Waals surface area contributed by atoms with Crippen molar-refractivity contribution < 1.29 is 5.11 Å². The standard InChI is InChI=1S/C11H23O/c1-9(2)10(7-6-8-12)11(3,4)5/h10,12H,6-8H2,1-5H3. The summed E-state index contributed by atoms with van der Waals surface area (Å²) in [5.41, 5.74) is 0.341. The molecule has 0 saturated carbocycles. The van der Waals surface area contributed by atoms with E-state index in [1.54, 1.807) is 0 Å². The van der Waals surface area contributed by atoms with E-state index in [9.17, 15) is 0 Å². The zero-order chi connectivity index (χ0) is 9.78. The van der Waals surface area contributed by atoms with Gasteiger partial charge in [-0.2, -0.15) is 0 Å². The Labute approximate surface area is 77.2 Å². The van der Waals surface area contributed by atoms with E-state index in [0.29, 0.717) is 17.9 Å². The van der Waals surface area contributed by atoms with Crippen molar-refractivity contribution in [3.8, 4) is 0 Å². The van der Waals surface area contributed by atoms with E-state index < -0.39 is 0 Å². The lowest BCUT2D eigenvalue weighted by molar-refractivity contribution is 0.208. The van der Waals surface area contributed by atoms with Crippen LogP contribution in [0.15, 0.2) is 0 Å². The molecule has 0 aliphatic carbocycles. The van der Waals surface area contributed by atoms with Crippen LogP contribution in [-0.4, -0.2) is 11.7 Å². The smallest absolute Gasteiger partial charge is 0.0431 e. The van der Waals surface area contributed by atoms with E-state index in [1.165, 1.54) is 5.92 Å². The van der Waals surface area contributed by atoms with Crippen LogP contribution >= 0.6 is 0 Å². The lowest BCUT2D eigenvalue weighted by Crippen LogP contribution is -2.24. The second kappa shape index (κ2) is 4.86. The highest BCUT2D eigenvalue weighted by atomic mass is 16.2. The highest BCUT2D eigenvalue weighted by molar-refractivity contribution is 4.93. The van der Waals surface area contributed by atoms with Crippen LogP contribution in [0, 0.1) is 17.3 Å². The molecule has 0 heterocycles. The monoisotopic (exact) mass is 171 g/mol. The Balaban J connectivity index is 4.05. The van der Waals surface area contributed by atoms with Crippen LogP contribution in [0.1, 0.15) is 47.5 Å². The molecule has 0 saturated heterocycles. The van der Waals surface area contributed by atoms with E-state index in [1.807, 2.05) is 0 Å². The Bertz CT molecular complexity index is 111. The Hall–Kier alpha value is -0.0400. The first-order valence-corrected chi connectivity index (χ1v) is 4.80. The summed E-state index contributed by atoms with van der Waals surface area (Å²) in [6.07, 6.45) is 2.04. The van der Waals surface area contributed by atoms with Crippen molar-refractivity contribution in [1.29, 1.82) is 0 Å². The summed E-state index contributed by atoms with van der Waals surface area (Å²) in [6, 6.07) is 0. The Morgan fingerprint density at radius 3 is 2.00 bits per heavy atom.